The molecule has 4 aromatic rings. The van der Waals surface area contributed by atoms with Crippen LogP contribution in [0.2, 0.25) is 0 Å². The lowest BCUT2D eigenvalue weighted by molar-refractivity contribution is 0.435. The van der Waals surface area contributed by atoms with Gasteiger partial charge in [-0.1, -0.05) is 0 Å². The fraction of sp³-hybridized carbons (Fsp3) is 0.0588. The summed E-state index contributed by atoms with van der Waals surface area (Å²) in [7, 11) is 0. The Balaban J connectivity index is 1.57. The molecular weight excluding hydrogens is 349 g/mol. The van der Waals surface area contributed by atoms with Gasteiger partial charge in [-0.25, -0.2) is 23.1 Å². The minimum atomic E-state index is -1.46. The fourth-order valence-electron chi connectivity index (χ4n) is 2.46. The predicted octanol–water partition coefficient (Wildman–Crippen LogP) is 4.46. The van der Waals surface area contributed by atoms with E-state index in [1.165, 1.54) is 6.07 Å². The molecule has 4 nitrogen and oxygen atoms in total. The second-order valence-corrected chi connectivity index (χ2v) is 6.33. The van der Waals surface area contributed by atoms with Crippen molar-refractivity contribution in [1.29, 1.82) is 0 Å². The molecule has 0 bridgehead atoms. The third-order valence-electron chi connectivity index (χ3n) is 3.68. The molecule has 0 amide bonds. The standard InChI is InChI=1S/C17H11F3N4S/c18-11-2-4-14(17(20)16(11)19)25-8-15-22-12-3-1-10(7-13(12)23-15)24-6-5-21-9-24/h1-7,9H,8H2,(H,22,23). The summed E-state index contributed by atoms with van der Waals surface area (Å²) in [4.78, 5) is 11.6. The van der Waals surface area contributed by atoms with Gasteiger partial charge in [0.25, 0.3) is 0 Å². The van der Waals surface area contributed by atoms with E-state index in [-0.39, 0.29) is 4.90 Å². The number of imidazole rings is 2. The van der Waals surface area contributed by atoms with Gasteiger partial charge in [-0.2, -0.15) is 0 Å². The number of halogens is 3. The number of rotatable bonds is 4. The van der Waals surface area contributed by atoms with Gasteiger partial charge in [0.15, 0.2) is 17.5 Å². The molecule has 0 aliphatic rings. The van der Waals surface area contributed by atoms with Gasteiger partial charge in [0.1, 0.15) is 5.82 Å². The average Bonchev–Trinajstić information content (AvgIpc) is 3.27. The minimum Gasteiger partial charge on any atom is -0.341 e. The van der Waals surface area contributed by atoms with Gasteiger partial charge in [0, 0.05) is 23.0 Å². The molecule has 25 heavy (non-hydrogen) atoms. The zero-order valence-corrected chi connectivity index (χ0v) is 13.5. The zero-order chi connectivity index (χ0) is 17.4. The first-order chi connectivity index (χ1) is 12.1. The molecule has 0 atom stereocenters. The highest BCUT2D eigenvalue weighted by Gasteiger charge is 2.14. The number of benzene rings is 2. The highest BCUT2D eigenvalue weighted by Crippen LogP contribution is 2.28. The normalized spacial score (nSPS) is 11.3. The van der Waals surface area contributed by atoms with Crippen molar-refractivity contribution < 1.29 is 13.2 Å². The second kappa shape index (κ2) is 6.29. The molecule has 126 valence electrons. The van der Waals surface area contributed by atoms with E-state index in [2.05, 4.69) is 15.0 Å². The van der Waals surface area contributed by atoms with Crippen LogP contribution in [0.5, 0.6) is 0 Å². The fourth-order valence-corrected chi connectivity index (χ4v) is 3.27. The van der Waals surface area contributed by atoms with E-state index in [9.17, 15) is 13.2 Å². The van der Waals surface area contributed by atoms with Crippen LogP contribution in [0, 0.1) is 17.5 Å². The molecular formula is C17H11F3N4S. The van der Waals surface area contributed by atoms with Crippen molar-refractivity contribution in [1.82, 2.24) is 19.5 Å². The summed E-state index contributed by atoms with van der Waals surface area (Å²) in [5.74, 6) is -2.91. The second-order valence-electron chi connectivity index (χ2n) is 5.32. The molecule has 0 saturated heterocycles. The van der Waals surface area contributed by atoms with Crippen LogP contribution in [0.1, 0.15) is 5.82 Å². The summed E-state index contributed by atoms with van der Waals surface area (Å²) >= 11 is 1.05. The third kappa shape index (κ3) is 3.00. The van der Waals surface area contributed by atoms with E-state index in [1.807, 2.05) is 29.0 Å². The molecule has 2 heterocycles. The lowest BCUT2D eigenvalue weighted by atomic mass is 10.3. The van der Waals surface area contributed by atoms with Gasteiger partial charge >= 0.3 is 0 Å². The van der Waals surface area contributed by atoms with Crippen LogP contribution in [0.25, 0.3) is 16.7 Å². The molecule has 4 rings (SSSR count). The molecule has 0 fully saturated rings. The van der Waals surface area contributed by atoms with Gasteiger partial charge in [0.05, 0.1) is 23.1 Å². The van der Waals surface area contributed by atoms with Crippen LogP contribution in [-0.4, -0.2) is 19.5 Å². The Hall–Kier alpha value is -2.74. The van der Waals surface area contributed by atoms with Crippen molar-refractivity contribution in [3.8, 4) is 5.69 Å². The van der Waals surface area contributed by atoms with Gasteiger partial charge in [-0.3, -0.25) is 0 Å². The van der Waals surface area contributed by atoms with Gasteiger partial charge in [-0.15, -0.1) is 11.8 Å². The molecule has 2 aromatic carbocycles. The Morgan fingerprint density at radius 2 is 1.96 bits per heavy atom. The van der Waals surface area contributed by atoms with E-state index in [0.29, 0.717) is 11.6 Å². The number of nitrogens with one attached hydrogen (secondary N) is 1. The SMILES string of the molecule is Fc1ccc(SCc2nc3ccc(-n4ccnc4)cc3[nH]2)c(F)c1F. The Kier molecular flexibility index (Phi) is 3.96. The number of H-pyrrole nitrogens is 1. The number of fused-ring (bicyclic) bond motifs is 1. The quantitative estimate of drug-likeness (QED) is 0.432. The number of nitrogens with zero attached hydrogens (tertiary/aromatic N) is 3. The van der Waals surface area contributed by atoms with E-state index in [0.717, 1.165) is 34.5 Å². The van der Waals surface area contributed by atoms with Crippen molar-refractivity contribution in [3.63, 3.8) is 0 Å². The largest absolute Gasteiger partial charge is 0.341 e. The average molecular weight is 360 g/mol. The number of hydrogen-bond donors (Lipinski definition) is 1. The van der Waals surface area contributed by atoms with Crippen molar-refractivity contribution in [2.75, 3.05) is 0 Å². The molecule has 0 unspecified atom stereocenters. The van der Waals surface area contributed by atoms with Crippen molar-refractivity contribution >= 4 is 22.8 Å². The maximum atomic E-state index is 13.7. The Labute approximate surface area is 144 Å². The zero-order valence-electron chi connectivity index (χ0n) is 12.7. The summed E-state index contributed by atoms with van der Waals surface area (Å²) in [6.45, 7) is 0. The minimum absolute atomic E-state index is 0.0402. The summed E-state index contributed by atoms with van der Waals surface area (Å²) in [6, 6.07) is 7.84. The van der Waals surface area contributed by atoms with Crippen LogP contribution < -0.4 is 0 Å². The number of aromatic nitrogens is 4. The van der Waals surface area contributed by atoms with Crippen LogP contribution >= 0.6 is 11.8 Å². The van der Waals surface area contributed by atoms with Gasteiger partial charge < -0.3 is 9.55 Å². The maximum Gasteiger partial charge on any atom is 0.195 e. The van der Waals surface area contributed by atoms with Crippen LogP contribution in [0.3, 0.4) is 0 Å². The molecule has 2 aromatic heterocycles. The highest BCUT2D eigenvalue weighted by atomic mass is 32.2. The van der Waals surface area contributed by atoms with Crippen molar-refractivity contribution in [2.45, 2.75) is 10.6 Å². The van der Waals surface area contributed by atoms with E-state index in [4.69, 9.17) is 0 Å². The first-order valence-electron chi connectivity index (χ1n) is 7.35. The summed E-state index contributed by atoms with van der Waals surface area (Å²) < 4.78 is 41.8. The monoisotopic (exact) mass is 360 g/mol. The van der Waals surface area contributed by atoms with Crippen LogP contribution in [0.4, 0.5) is 13.2 Å². The number of thioether (sulfide) groups is 1. The highest BCUT2D eigenvalue weighted by molar-refractivity contribution is 7.98. The number of hydrogen-bond acceptors (Lipinski definition) is 3. The Morgan fingerprint density at radius 1 is 1.08 bits per heavy atom. The molecule has 1 N–H and O–H groups in total. The third-order valence-corrected chi connectivity index (χ3v) is 4.73. The van der Waals surface area contributed by atoms with E-state index < -0.39 is 17.5 Å². The van der Waals surface area contributed by atoms with Crippen LogP contribution in [0.15, 0.2) is 53.9 Å². The Bertz CT molecular complexity index is 1040. The van der Waals surface area contributed by atoms with Crippen molar-refractivity contribution in [3.05, 3.63) is 72.3 Å². The molecule has 0 saturated carbocycles. The number of aromatic amines is 1. The molecule has 0 aliphatic carbocycles. The summed E-state index contributed by atoms with van der Waals surface area (Å²) in [5.41, 5.74) is 2.53. The van der Waals surface area contributed by atoms with Crippen molar-refractivity contribution in [2.24, 2.45) is 0 Å². The van der Waals surface area contributed by atoms with E-state index in [1.54, 1.807) is 12.5 Å². The topological polar surface area (TPSA) is 46.5 Å². The molecule has 0 radical (unpaired) electrons. The lowest BCUT2D eigenvalue weighted by Crippen LogP contribution is -1.93. The smallest absolute Gasteiger partial charge is 0.195 e. The summed E-state index contributed by atoms with van der Waals surface area (Å²) in [5, 5.41) is 0. The molecule has 0 spiro atoms. The van der Waals surface area contributed by atoms with Gasteiger partial charge in [-0.05, 0) is 30.3 Å². The first-order valence-corrected chi connectivity index (χ1v) is 8.33. The summed E-state index contributed by atoms with van der Waals surface area (Å²) in [6.07, 6.45) is 5.22. The molecule has 0 aliphatic heterocycles. The maximum absolute atomic E-state index is 13.7. The Morgan fingerprint density at radius 3 is 2.76 bits per heavy atom. The predicted molar refractivity (Wildman–Crippen MR) is 89.1 cm³/mol. The first kappa shape index (κ1) is 15.8. The van der Waals surface area contributed by atoms with Gasteiger partial charge in [0.2, 0.25) is 0 Å². The van der Waals surface area contributed by atoms with Crippen LogP contribution in [-0.2, 0) is 5.75 Å². The lowest BCUT2D eigenvalue weighted by Gasteiger charge is -2.03. The molecule has 8 heteroatoms. The van der Waals surface area contributed by atoms with E-state index >= 15 is 0 Å².